The van der Waals surface area contributed by atoms with Crippen molar-refractivity contribution in [3.63, 3.8) is 0 Å². The molecule has 0 spiro atoms. The Morgan fingerprint density at radius 1 is 1.22 bits per heavy atom. The lowest BCUT2D eigenvalue weighted by Gasteiger charge is -2.09. The maximum Gasteiger partial charge on any atom is 0.291 e. The summed E-state index contributed by atoms with van der Waals surface area (Å²) < 4.78 is 40.7. The van der Waals surface area contributed by atoms with Gasteiger partial charge >= 0.3 is 0 Å². The highest BCUT2D eigenvalue weighted by Gasteiger charge is 2.17. The normalized spacial score (nSPS) is 10.8. The lowest BCUT2D eigenvalue weighted by Crippen LogP contribution is -2.12. The van der Waals surface area contributed by atoms with Crippen molar-refractivity contribution in [3.8, 4) is 11.5 Å². The van der Waals surface area contributed by atoms with Crippen molar-refractivity contribution < 1.29 is 32.4 Å². The van der Waals surface area contributed by atoms with Gasteiger partial charge in [0, 0.05) is 12.1 Å². The number of carbonyl (C=O) groups excluding carboxylic acids is 1. The number of para-hydroxylation sites is 1. The zero-order valence-corrected chi connectivity index (χ0v) is 17.4. The van der Waals surface area contributed by atoms with E-state index in [1.807, 2.05) is 13.0 Å². The number of rotatable bonds is 9. The summed E-state index contributed by atoms with van der Waals surface area (Å²) in [4.78, 5) is 22.8. The van der Waals surface area contributed by atoms with Crippen LogP contribution in [-0.4, -0.2) is 23.9 Å². The summed E-state index contributed by atoms with van der Waals surface area (Å²) in [6, 6.07) is 11.5. The van der Waals surface area contributed by atoms with Crippen molar-refractivity contribution in [1.82, 2.24) is 0 Å². The highest BCUT2D eigenvalue weighted by molar-refractivity contribution is 6.32. The highest BCUT2D eigenvalue weighted by Crippen LogP contribution is 2.29. The molecule has 1 aromatic heterocycles. The van der Waals surface area contributed by atoms with Crippen molar-refractivity contribution in [2.24, 2.45) is 0 Å². The molecule has 0 aliphatic rings. The average Bonchev–Trinajstić information content (AvgIpc) is 3.21. The van der Waals surface area contributed by atoms with Crippen LogP contribution >= 0.6 is 11.6 Å². The van der Waals surface area contributed by atoms with E-state index in [0.717, 1.165) is 17.7 Å². The van der Waals surface area contributed by atoms with Crippen LogP contribution in [0.1, 0.15) is 21.9 Å². The van der Waals surface area contributed by atoms with Gasteiger partial charge in [0.15, 0.2) is 5.76 Å². The summed E-state index contributed by atoms with van der Waals surface area (Å²) >= 11 is 6.11. The molecule has 0 aliphatic heterocycles. The van der Waals surface area contributed by atoms with Gasteiger partial charge in [-0.1, -0.05) is 23.7 Å². The van der Waals surface area contributed by atoms with Gasteiger partial charge < -0.3 is 19.2 Å². The van der Waals surface area contributed by atoms with Gasteiger partial charge in [0.25, 0.3) is 18.0 Å². The minimum atomic E-state index is -2.76. The molecule has 0 radical (unpaired) electrons. The van der Waals surface area contributed by atoms with Gasteiger partial charge in [-0.2, -0.15) is 0 Å². The molecule has 3 rings (SSSR count). The number of anilines is 1. The summed E-state index contributed by atoms with van der Waals surface area (Å²) in [6.45, 7) is 0.905. The summed E-state index contributed by atoms with van der Waals surface area (Å²) in [5.74, 6) is -0.135. The second kappa shape index (κ2) is 10.1. The average molecular weight is 467 g/mol. The summed E-state index contributed by atoms with van der Waals surface area (Å²) in [5, 5.41) is 13.9. The zero-order valence-electron chi connectivity index (χ0n) is 16.6. The SMILES string of the molecule is Cc1cccc(Cl)c1OCc1ccc(C(=O)Nc2cc(OCC(F)F)cc([N+](=O)[O-])c2)o1. The molecule has 3 aromatic rings. The second-order valence-electron chi connectivity index (χ2n) is 6.57. The number of furan rings is 1. The number of nitrogens with one attached hydrogen (secondary N) is 1. The largest absolute Gasteiger partial charge is 0.487 e. The van der Waals surface area contributed by atoms with Gasteiger partial charge in [-0.3, -0.25) is 14.9 Å². The number of benzene rings is 2. The van der Waals surface area contributed by atoms with E-state index in [4.69, 9.17) is 25.5 Å². The highest BCUT2D eigenvalue weighted by atomic mass is 35.5. The molecule has 2 aromatic carbocycles. The van der Waals surface area contributed by atoms with Crippen LogP contribution in [0.4, 0.5) is 20.2 Å². The number of non-ortho nitro benzene ring substituents is 1. The monoisotopic (exact) mass is 466 g/mol. The Morgan fingerprint density at radius 2 is 2.00 bits per heavy atom. The quantitative estimate of drug-likeness (QED) is 0.324. The van der Waals surface area contributed by atoms with Gasteiger partial charge in [-0.05, 0) is 30.7 Å². The van der Waals surface area contributed by atoms with E-state index in [0.29, 0.717) is 16.5 Å². The van der Waals surface area contributed by atoms with Gasteiger partial charge in [0.05, 0.1) is 21.7 Å². The molecule has 0 atom stereocenters. The predicted octanol–water partition coefficient (Wildman–Crippen LogP) is 5.62. The standard InChI is InChI=1S/C21H17ClF2N2O6/c1-12-3-2-4-17(22)20(12)31-10-15-5-6-18(32-15)21(27)25-13-7-14(26(28)29)9-16(8-13)30-11-19(23)24/h2-9,19H,10-11H2,1H3,(H,25,27). The van der Waals surface area contributed by atoms with Crippen LogP contribution < -0.4 is 14.8 Å². The topological polar surface area (TPSA) is 104 Å². The number of alkyl halides is 2. The Hall–Kier alpha value is -3.66. The second-order valence-corrected chi connectivity index (χ2v) is 6.98. The van der Waals surface area contributed by atoms with Gasteiger partial charge in [-0.25, -0.2) is 8.78 Å². The summed E-state index contributed by atoms with van der Waals surface area (Å²) in [6.07, 6.45) is -2.76. The maximum absolute atomic E-state index is 12.5. The van der Waals surface area contributed by atoms with Crippen molar-refractivity contribution in [2.75, 3.05) is 11.9 Å². The van der Waals surface area contributed by atoms with Crippen LogP contribution in [0.2, 0.25) is 5.02 Å². The molecule has 0 saturated heterocycles. The van der Waals surface area contributed by atoms with Crippen LogP contribution in [0.3, 0.4) is 0 Å². The predicted molar refractivity (Wildman–Crippen MR) is 112 cm³/mol. The number of nitro groups is 1. The molecule has 168 valence electrons. The molecule has 1 N–H and O–H groups in total. The molecule has 0 saturated carbocycles. The lowest BCUT2D eigenvalue weighted by molar-refractivity contribution is -0.384. The van der Waals surface area contributed by atoms with Crippen LogP contribution in [0, 0.1) is 17.0 Å². The molecule has 0 aliphatic carbocycles. The Morgan fingerprint density at radius 3 is 2.69 bits per heavy atom. The Labute approximate surface area is 185 Å². The van der Waals surface area contributed by atoms with E-state index in [1.54, 1.807) is 12.1 Å². The molecule has 0 bridgehead atoms. The number of nitro benzene ring substituents is 1. The van der Waals surface area contributed by atoms with E-state index in [-0.39, 0.29) is 23.8 Å². The van der Waals surface area contributed by atoms with Crippen molar-refractivity contribution in [3.05, 3.63) is 80.8 Å². The number of ether oxygens (including phenoxy) is 2. The molecule has 32 heavy (non-hydrogen) atoms. The fourth-order valence-corrected chi connectivity index (χ4v) is 2.99. The Kier molecular flexibility index (Phi) is 7.26. The van der Waals surface area contributed by atoms with Crippen LogP contribution in [0.5, 0.6) is 11.5 Å². The van der Waals surface area contributed by atoms with Crippen molar-refractivity contribution in [1.29, 1.82) is 0 Å². The van der Waals surface area contributed by atoms with E-state index >= 15 is 0 Å². The van der Waals surface area contributed by atoms with E-state index < -0.39 is 29.6 Å². The van der Waals surface area contributed by atoms with Crippen LogP contribution in [0.15, 0.2) is 52.9 Å². The fraction of sp³-hybridized carbons (Fsp3) is 0.190. The minimum Gasteiger partial charge on any atom is -0.487 e. The van der Waals surface area contributed by atoms with Crippen LogP contribution in [0.25, 0.3) is 0 Å². The number of amides is 1. The van der Waals surface area contributed by atoms with Crippen LogP contribution in [-0.2, 0) is 6.61 Å². The molecular formula is C21H17ClF2N2O6. The van der Waals surface area contributed by atoms with Gasteiger partial charge in [0.1, 0.15) is 30.5 Å². The molecule has 1 amide bonds. The molecule has 0 fully saturated rings. The third-order valence-electron chi connectivity index (χ3n) is 4.14. The van der Waals surface area contributed by atoms with Crippen molar-refractivity contribution >= 4 is 28.9 Å². The first kappa shape index (κ1) is 23.0. The first-order chi connectivity index (χ1) is 15.2. The zero-order chi connectivity index (χ0) is 23.3. The van der Waals surface area contributed by atoms with E-state index in [9.17, 15) is 23.7 Å². The number of hydrogen-bond donors (Lipinski definition) is 1. The number of hydrogen-bond acceptors (Lipinski definition) is 6. The Balaban J connectivity index is 1.69. The minimum absolute atomic E-state index is 0.0142. The fourth-order valence-electron chi connectivity index (χ4n) is 2.72. The molecule has 0 unspecified atom stereocenters. The molecular weight excluding hydrogens is 450 g/mol. The molecule has 1 heterocycles. The number of carbonyl (C=O) groups is 1. The number of nitrogens with zero attached hydrogens (tertiary/aromatic N) is 1. The van der Waals surface area contributed by atoms with Gasteiger partial charge in [0.2, 0.25) is 0 Å². The first-order valence-electron chi connectivity index (χ1n) is 9.21. The maximum atomic E-state index is 12.5. The smallest absolute Gasteiger partial charge is 0.291 e. The molecule has 8 nitrogen and oxygen atoms in total. The van der Waals surface area contributed by atoms with E-state index in [2.05, 4.69) is 5.32 Å². The summed E-state index contributed by atoms with van der Waals surface area (Å²) in [5.41, 5.74) is 0.377. The molecule has 11 heteroatoms. The lowest BCUT2D eigenvalue weighted by atomic mass is 10.2. The number of aryl methyl sites for hydroxylation is 1. The first-order valence-corrected chi connectivity index (χ1v) is 9.59. The summed E-state index contributed by atoms with van der Waals surface area (Å²) in [7, 11) is 0. The third-order valence-corrected chi connectivity index (χ3v) is 4.44. The third kappa shape index (κ3) is 5.94. The van der Waals surface area contributed by atoms with Gasteiger partial charge in [-0.15, -0.1) is 0 Å². The van der Waals surface area contributed by atoms with Crippen molar-refractivity contribution in [2.45, 2.75) is 20.0 Å². The van der Waals surface area contributed by atoms with E-state index in [1.165, 1.54) is 18.2 Å². The Bertz CT molecular complexity index is 1110. The number of halogens is 3.